The van der Waals surface area contributed by atoms with Gasteiger partial charge in [0.05, 0.1) is 65.6 Å². The van der Waals surface area contributed by atoms with Crippen molar-refractivity contribution in [2.75, 3.05) is 112 Å². The number of hydrogen-bond donors (Lipinski definition) is 3. The molecule has 5 heterocycles. The highest BCUT2D eigenvalue weighted by molar-refractivity contribution is 14.1. The third-order valence-corrected chi connectivity index (χ3v) is 23.3. The van der Waals surface area contributed by atoms with Gasteiger partial charge in [-0.1, -0.05) is 202 Å². The lowest BCUT2D eigenvalue weighted by molar-refractivity contribution is -0.154. The zero-order valence-electron chi connectivity index (χ0n) is 78.8. The first-order valence-corrected chi connectivity index (χ1v) is 48.2. The number of esters is 7. The fourth-order valence-corrected chi connectivity index (χ4v) is 17.0. The van der Waals surface area contributed by atoms with Gasteiger partial charge in [-0.05, 0) is 200 Å². The van der Waals surface area contributed by atoms with E-state index in [0.717, 1.165) is 118 Å². The summed E-state index contributed by atoms with van der Waals surface area (Å²) in [6.07, 6.45) is 15.6. The number of rotatable bonds is 33. The lowest BCUT2D eigenvalue weighted by Crippen LogP contribution is -2.49. The number of piperidine rings is 5. The minimum absolute atomic E-state index is 0. The van der Waals surface area contributed by atoms with E-state index < -0.39 is 103 Å². The van der Waals surface area contributed by atoms with E-state index in [4.69, 9.17) is 85.8 Å². The number of methoxy groups -OCH3 is 5. The van der Waals surface area contributed by atoms with E-state index in [1.54, 1.807) is 35.5 Å². The summed E-state index contributed by atoms with van der Waals surface area (Å²) < 4.78 is 64.9. The summed E-state index contributed by atoms with van der Waals surface area (Å²) >= 11 is 17.0. The van der Waals surface area contributed by atoms with Crippen molar-refractivity contribution in [1.29, 1.82) is 0 Å². The predicted molar refractivity (Wildman–Crippen MR) is 531 cm³/mol. The van der Waals surface area contributed by atoms with Crippen LogP contribution in [0.2, 0.25) is 0 Å². The van der Waals surface area contributed by atoms with Crippen LogP contribution < -0.4 is 16.4 Å². The number of alkyl halides is 3. The summed E-state index contributed by atoms with van der Waals surface area (Å²) in [5, 5.41) is 6.10. The number of alkyl carbamates (subject to hydrolysis) is 1. The highest BCUT2D eigenvalue weighted by Crippen LogP contribution is 2.38. The second kappa shape index (κ2) is 70.9. The van der Waals surface area contributed by atoms with Crippen LogP contribution in [0.1, 0.15) is 233 Å². The summed E-state index contributed by atoms with van der Waals surface area (Å²) in [5.41, 5.74) is 8.31. The quantitative estimate of drug-likeness (QED) is 0.00668. The number of benzene rings is 5. The molecule has 4 N–H and O–H groups in total. The van der Waals surface area contributed by atoms with E-state index in [1.165, 1.54) is 53.3 Å². The summed E-state index contributed by atoms with van der Waals surface area (Å²) in [5.74, 6) is -4.91. The van der Waals surface area contributed by atoms with Gasteiger partial charge in [-0.3, -0.25) is 33.6 Å². The van der Waals surface area contributed by atoms with Crippen molar-refractivity contribution >= 4 is 160 Å². The van der Waals surface area contributed by atoms with Crippen LogP contribution in [-0.2, 0) is 95.1 Å². The largest absolute Gasteiger partial charge is 0.469 e. The SMILES string of the molecule is C.COC(=O)C(c1ccccc1)C1CCCCN1.COC(=O)C(c1ccccc1)C1CCCCN1C(=O)OCCl.COC(=O)C(c1ccccc1)C1CCCCN1C(=O)OCI.COC(=O)C(c1ccccc1)C1CCCCN1C(=O)OCOC(=O)CCCCCN.COC(=O)C(c1ccccc1)C1CCCCN1C(=O)OCOC(=O)CCCCCNC(=O)OC(C)(C)C.Cl.Cl.O=C(Cl)OCCl. The molecule has 5 saturated heterocycles. The molecule has 5 aromatic carbocycles. The molecule has 5 fully saturated rings. The van der Waals surface area contributed by atoms with Crippen molar-refractivity contribution in [1.82, 2.24) is 30.2 Å². The number of ether oxygens (including phenoxy) is 13. The van der Waals surface area contributed by atoms with E-state index in [-0.39, 0.29) is 111 Å². The fraction of sp³-hybridized carbons (Fsp3) is 0.561. The van der Waals surface area contributed by atoms with Crippen molar-refractivity contribution in [3.63, 3.8) is 0 Å². The number of nitrogens with zero attached hydrogens (tertiary/aromatic N) is 4. The number of likely N-dealkylation sites (tertiary alicyclic amines) is 4. The summed E-state index contributed by atoms with van der Waals surface area (Å²) in [6, 6.07) is 45.8. The van der Waals surface area contributed by atoms with Crippen molar-refractivity contribution in [3.8, 4) is 0 Å². The van der Waals surface area contributed by atoms with E-state index in [2.05, 4.69) is 27.0 Å². The maximum atomic E-state index is 12.8. The molecule has 0 bridgehead atoms. The van der Waals surface area contributed by atoms with E-state index in [0.29, 0.717) is 82.4 Å². The third-order valence-electron chi connectivity index (χ3n) is 22.6. The number of carbonyl (C=O) groups excluding carboxylic acids is 13. The van der Waals surface area contributed by atoms with Gasteiger partial charge in [0.25, 0.3) is 0 Å². The molecule has 10 unspecified atom stereocenters. The van der Waals surface area contributed by atoms with Crippen LogP contribution in [0.5, 0.6) is 0 Å². The minimum atomic E-state index is -0.870. The molecule has 764 valence electrons. The summed E-state index contributed by atoms with van der Waals surface area (Å²) in [4.78, 5) is 163. The zero-order chi connectivity index (χ0) is 98.0. The Bertz CT molecular complexity index is 4220. The Morgan fingerprint density at radius 1 is 0.401 bits per heavy atom. The number of nitrogens with two attached hydrogens (primary N) is 1. The van der Waals surface area contributed by atoms with Crippen LogP contribution in [0, 0.1) is 0 Å². The minimum Gasteiger partial charge on any atom is -0.469 e. The van der Waals surface area contributed by atoms with Gasteiger partial charge in [0.15, 0.2) is 12.1 Å². The Balaban J connectivity index is 0.000000579. The average Bonchev–Trinajstić information content (AvgIpc) is 0.817. The molecule has 5 aliphatic heterocycles. The molecule has 5 aliphatic rings. The molecule has 0 saturated carbocycles. The van der Waals surface area contributed by atoms with Gasteiger partial charge in [0.2, 0.25) is 13.6 Å². The van der Waals surface area contributed by atoms with E-state index in [1.807, 2.05) is 174 Å². The Morgan fingerprint density at radius 2 is 0.701 bits per heavy atom. The molecule has 33 nitrogen and oxygen atoms in total. The monoisotopic (exact) mass is 2130 g/mol. The molecular weight excluding hydrogens is 2000 g/mol. The van der Waals surface area contributed by atoms with E-state index >= 15 is 0 Å². The average molecular weight is 2140 g/mol. The van der Waals surface area contributed by atoms with Gasteiger partial charge in [0, 0.05) is 63.2 Å². The molecule has 137 heavy (non-hydrogen) atoms. The standard InChI is InChI=1S/C27H40N2O8.C22H32N2O6.C16H20ClNO4.C16H20INO4.C14H19NO2.C2H2Cl2O2.CH4.2ClH/c1-27(2,3)37-25(32)28-17-11-6-9-16-22(30)35-19-36-26(33)29-18-12-10-15-21(29)23(24(31)34-4)20-13-7-5-8-14-20;1-28-21(26)20(17-10-4-2-5-11-17)18-12-7-9-15-24(18)22(27)30-16-29-19(25)13-6-3-8-14-23;2*1-21-15(19)14(12-7-3-2-4-8-12)13-9-5-6-10-18(13)16(20)22-11-17;1-17-14(16)13(11-7-3-2-4-8-11)12-9-5-6-10-15-12;3-1-6-2(4)5;;;/h5,7-8,13-14,21,23H,6,9-12,15-19H2,1-4H3,(H,28,32);2,4-5,10-11,18,20H,3,6-9,12-16,23H2,1H3;2*2-4,7-8,13-14H,5-6,9-11H2,1H3;2-4,7-8,12-13,15H,5-6,9-10H2,1H3;1H2;1H4;2*1H. The highest BCUT2D eigenvalue weighted by atomic mass is 127. The van der Waals surface area contributed by atoms with Gasteiger partial charge in [-0.2, -0.15) is 0 Å². The van der Waals surface area contributed by atoms with Crippen molar-refractivity contribution in [2.45, 2.75) is 241 Å². The van der Waals surface area contributed by atoms with Crippen molar-refractivity contribution in [2.24, 2.45) is 5.73 Å². The maximum Gasteiger partial charge on any atom is 0.412 e. The fourth-order valence-electron chi connectivity index (χ4n) is 16.4. The Morgan fingerprint density at radius 3 is 0.978 bits per heavy atom. The molecule has 10 atom stereocenters. The smallest absolute Gasteiger partial charge is 0.412 e. The molecular formula is C98H139Cl5IN7O26. The molecule has 0 aromatic heterocycles. The Kier molecular flexibility index (Phi) is 63.8. The molecule has 0 aliphatic carbocycles. The number of carbonyl (C=O) groups is 13. The first-order chi connectivity index (χ1) is 64.7. The van der Waals surface area contributed by atoms with E-state index in [9.17, 15) is 62.3 Å². The van der Waals surface area contributed by atoms with Crippen LogP contribution in [0.25, 0.3) is 0 Å². The zero-order valence-corrected chi connectivity index (χ0v) is 84.8. The van der Waals surface area contributed by atoms with Gasteiger partial charge < -0.3 is 97.5 Å². The number of hydrogen-bond acceptors (Lipinski definition) is 28. The van der Waals surface area contributed by atoms with Crippen LogP contribution in [-0.4, -0.2) is 245 Å². The number of nitrogens with one attached hydrogen (secondary N) is 2. The van der Waals surface area contributed by atoms with Gasteiger partial charge in [-0.15, -0.1) is 24.8 Å². The first-order valence-electron chi connectivity index (χ1n) is 45.3. The lowest BCUT2D eigenvalue weighted by atomic mass is 9.85. The number of amides is 5. The predicted octanol–water partition coefficient (Wildman–Crippen LogP) is 19.1. The molecule has 5 amide bonds. The van der Waals surface area contributed by atoms with Crippen LogP contribution in [0.3, 0.4) is 0 Å². The van der Waals surface area contributed by atoms with Gasteiger partial charge in [-0.25, -0.2) is 28.8 Å². The topological polar surface area (TPSA) is 405 Å². The van der Waals surface area contributed by atoms with Crippen LogP contribution in [0.4, 0.5) is 28.8 Å². The van der Waals surface area contributed by atoms with Crippen molar-refractivity contribution in [3.05, 3.63) is 179 Å². The summed E-state index contributed by atoms with van der Waals surface area (Å²) in [6.45, 7) is 8.57. The van der Waals surface area contributed by atoms with Gasteiger partial charge >= 0.3 is 77.7 Å². The van der Waals surface area contributed by atoms with Crippen LogP contribution in [0.15, 0.2) is 152 Å². The van der Waals surface area contributed by atoms with Gasteiger partial charge in [0.1, 0.15) is 33.9 Å². The summed E-state index contributed by atoms with van der Waals surface area (Å²) in [7, 11) is 6.88. The number of unbranched alkanes of at least 4 members (excludes halogenated alkanes) is 4. The normalized spacial score (nSPS) is 17.4. The lowest BCUT2D eigenvalue weighted by Gasteiger charge is -2.38. The molecule has 5 aromatic rings. The van der Waals surface area contributed by atoms with Crippen LogP contribution >= 0.6 is 82.2 Å². The molecule has 39 heteroatoms. The molecule has 0 spiro atoms. The highest BCUT2D eigenvalue weighted by Gasteiger charge is 2.44. The Labute approximate surface area is 846 Å². The molecule has 10 rings (SSSR count). The third kappa shape index (κ3) is 44.6. The second-order valence-electron chi connectivity index (χ2n) is 32.6. The first kappa shape index (κ1) is 123. The number of halogens is 6. The van der Waals surface area contributed by atoms with Crippen molar-refractivity contribution < 1.29 is 124 Å². The second-order valence-corrected chi connectivity index (χ2v) is 34.0. The maximum absolute atomic E-state index is 12.8. The molecule has 0 radical (unpaired) electrons. The Hall–Kier alpha value is -9.69.